The highest BCUT2D eigenvalue weighted by Gasteiger charge is 2.27. The van der Waals surface area contributed by atoms with E-state index >= 15 is 0 Å². The zero-order valence-electron chi connectivity index (χ0n) is 17.3. The fraction of sp³-hybridized carbons (Fsp3) is 0.292. The highest BCUT2D eigenvalue weighted by molar-refractivity contribution is 6.07. The van der Waals surface area contributed by atoms with E-state index in [-0.39, 0.29) is 17.9 Å². The quantitative estimate of drug-likeness (QED) is 0.693. The van der Waals surface area contributed by atoms with Gasteiger partial charge < -0.3 is 19.4 Å². The number of fused-ring (bicyclic) bond motifs is 1. The van der Waals surface area contributed by atoms with Crippen LogP contribution in [0.4, 0.5) is 4.79 Å². The minimum Gasteiger partial charge on any atom is -0.450 e. The van der Waals surface area contributed by atoms with Crippen molar-refractivity contribution in [2.24, 2.45) is 0 Å². The summed E-state index contributed by atoms with van der Waals surface area (Å²) in [7, 11) is 0. The van der Waals surface area contributed by atoms with Crippen LogP contribution in [0, 0.1) is 0 Å². The van der Waals surface area contributed by atoms with Crippen LogP contribution in [0.1, 0.15) is 30.3 Å². The summed E-state index contributed by atoms with van der Waals surface area (Å²) in [6, 6.07) is 16.4. The summed E-state index contributed by atoms with van der Waals surface area (Å²) >= 11 is 0. The Kier molecular flexibility index (Phi) is 6.02. The number of amides is 2. The lowest BCUT2D eigenvalue weighted by Gasteiger charge is -2.31. The fourth-order valence-corrected chi connectivity index (χ4v) is 3.92. The van der Waals surface area contributed by atoms with Crippen molar-refractivity contribution in [1.29, 1.82) is 0 Å². The molecule has 1 aromatic heterocycles. The molecule has 0 unspecified atom stereocenters. The van der Waals surface area contributed by atoms with Crippen LogP contribution >= 0.6 is 0 Å². The van der Waals surface area contributed by atoms with Crippen LogP contribution in [0.2, 0.25) is 0 Å². The van der Waals surface area contributed by atoms with Crippen LogP contribution in [0.25, 0.3) is 21.9 Å². The number of benzene rings is 2. The highest BCUT2D eigenvalue weighted by atomic mass is 16.6. The number of rotatable bonds is 4. The molecule has 1 saturated heterocycles. The van der Waals surface area contributed by atoms with Gasteiger partial charge in [0.2, 0.25) is 5.76 Å². The second kappa shape index (κ2) is 9.04. The Morgan fingerprint density at radius 1 is 1.03 bits per heavy atom. The lowest BCUT2D eigenvalue weighted by molar-refractivity contribution is 0.0838. The third-order valence-corrected chi connectivity index (χ3v) is 5.46. The number of hydrogen-bond acceptors (Lipinski definition) is 5. The zero-order valence-corrected chi connectivity index (χ0v) is 17.3. The van der Waals surface area contributed by atoms with Crippen molar-refractivity contribution in [2.75, 3.05) is 19.7 Å². The monoisotopic (exact) mass is 420 g/mol. The molecule has 0 saturated carbocycles. The molecule has 1 aliphatic heterocycles. The smallest absolute Gasteiger partial charge is 0.409 e. The molecule has 3 aromatic rings. The summed E-state index contributed by atoms with van der Waals surface area (Å²) < 4.78 is 10.6. The molecule has 0 spiro atoms. The molecular weight excluding hydrogens is 396 g/mol. The van der Waals surface area contributed by atoms with Crippen molar-refractivity contribution in [1.82, 2.24) is 10.2 Å². The summed E-state index contributed by atoms with van der Waals surface area (Å²) in [5.74, 6) is -0.431. The maximum absolute atomic E-state index is 13.2. The van der Waals surface area contributed by atoms with E-state index in [1.54, 1.807) is 24.0 Å². The Labute approximate surface area is 179 Å². The molecule has 7 heteroatoms. The first kappa shape index (κ1) is 20.7. The predicted octanol–water partition coefficient (Wildman–Crippen LogP) is 3.81. The summed E-state index contributed by atoms with van der Waals surface area (Å²) in [5.41, 5.74) is 0.847. The van der Waals surface area contributed by atoms with Gasteiger partial charge in [-0.15, -0.1) is 0 Å². The van der Waals surface area contributed by atoms with Gasteiger partial charge in [0.25, 0.3) is 5.91 Å². The van der Waals surface area contributed by atoms with Crippen LogP contribution < -0.4 is 10.9 Å². The average Bonchev–Trinajstić information content (AvgIpc) is 2.80. The number of piperidine rings is 1. The average molecular weight is 420 g/mol. The standard InChI is InChI=1S/C24H24N2O5/c1-2-30-24(29)26-14-12-17(13-15-26)25-22(27)21-20(16-8-4-3-5-9-16)18-10-6-7-11-19(18)23(28)31-21/h3-11,17H,2,12-15H2,1H3,(H,25,27). The molecule has 4 rings (SSSR count). The van der Waals surface area contributed by atoms with Crippen LogP contribution in [-0.4, -0.2) is 42.6 Å². The first-order valence-electron chi connectivity index (χ1n) is 10.4. The van der Waals surface area contributed by atoms with E-state index < -0.39 is 11.5 Å². The molecule has 2 amide bonds. The molecular formula is C24H24N2O5. The molecule has 2 heterocycles. The maximum atomic E-state index is 13.2. The van der Waals surface area contributed by atoms with Gasteiger partial charge in [-0.1, -0.05) is 48.5 Å². The van der Waals surface area contributed by atoms with E-state index in [4.69, 9.17) is 9.15 Å². The molecule has 1 N–H and O–H groups in total. The minimum atomic E-state index is -0.544. The van der Waals surface area contributed by atoms with E-state index in [0.29, 0.717) is 48.9 Å². The van der Waals surface area contributed by atoms with Gasteiger partial charge >= 0.3 is 11.7 Å². The Bertz CT molecular complexity index is 1150. The van der Waals surface area contributed by atoms with Crippen LogP contribution in [0.15, 0.2) is 63.8 Å². The van der Waals surface area contributed by atoms with Gasteiger partial charge in [-0.2, -0.15) is 0 Å². The predicted molar refractivity (Wildman–Crippen MR) is 117 cm³/mol. The highest BCUT2D eigenvalue weighted by Crippen LogP contribution is 2.30. The largest absolute Gasteiger partial charge is 0.450 e. The van der Waals surface area contributed by atoms with E-state index in [1.807, 2.05) is 42.5 Å². The summed E-state index contributed by atoms with van der Waals surface area (Å²) in [4.78, 5) is 39.2. The number of nitrogens with zero attached hydrogens (tertiary/aromatic N) is 1. The van der Waals surface area contributed by atoms with E-state index in [1.165, 1.54) is 0 Å². The van der Waals surface area contributed by atoms with Crippen molar-refractivity contribution >= 4 is 22.8 Å². The Balaban J connectivity index is 1.62. The second-order valence-corrected chi connectivity index (χ2v) is 7.44. The van der Waals surface area contributed by atoms with Gasteiger partial charge in [-0.05, 0) is 31.4 Å². The number of likely N-dealkylation sites (tertiary alicyclic amines) is 1. The summed E-state index contributed by atoms with van der Waals surface area (Å²) in [6.45, 7) is 3.10. The molecule has 1 aliphatic rings. The topological polar surface area (TPSA) is 88.8 Å². The second-order valence-electron chi connectivity index (χ2n) is 7.44. The van der Waals surface area contributed by atoms with Gasteiger partial charge in [0.05, 0.1) is 12.0 Å². The zero-order chi connectivity index (χ0) is 21.8. The van der Waals surface area contributed by atoms with E-state index in [2.05, 4.69) is 5.32 Å². The lowest BCUT2D eigenvalue weighted by Crippen LogP contribution is -2.46. The van der Waals surface area contributed by atoms with Gasteiger partial charge in [0, 0.05) is 30.1 Å². The Hall–Kier alpha value is -3.61. The Morgan fingerprint density at radius 3 is 2.35 bits per heavy atom. The molecule has 31 heavy (non-hydrogen) atoms. The molecule has 2 aromatic carbocycles. The molecule has 0 bridgehead atoms. The first-order valence-corrected chi connectivity index (χ1v) is 10.4. The Morgan fingerprint density at radius 2 is 1.68 bits per heavy atom. The van der Waals surface area contributed by atoms with Gasteiger partial charge in [0.15, 0.2) is 0 Å². The van der Waals surface area contributed by atoms with Crippen LogP contribution in [0.3, 0.4) is 0 Å². The van der Waals surface area contributed by atoms with Crippen LogP contribution in [0.5, 0.6) is 0 Å². The van der Waals surface area contributed by atoms with Gasteiger partial charge in [0.1, 0.15) is 0 Å². The summed E-state index contributed by atoms with van der Waals surface area (Å²) in [5, 5.41) is 4.08. The van der Waals surface area contributed by atoms with E-state index in [9.17, 15) is 14.4 Å². The third kappa shape index (κ3) is 4.30. The van der Waals surface area contributed by atoms with Crippen molar-refractivity contribution in [3.05, 3.63) is 70.8 Å². The SMILES string of the molecule is CCOC(=O)N1CCC(NC(=O)c2oc(=O)c3ccccc3c2-c2ccccc2)CC1. The fourth-order valence-electron chi connectivity index (χ4n) is 3.92. The van der Waals surface area contributed by atoms with Crippen molar-refractivity contribution in [2.45, 2.75) is 25.8 Å². The number of ether oxygens (including phenoxy) is 1. The molecule has 0 aliphatic carbocycles. The lowest BCUT2D eigenvalue weighted by atomic mass is 9.97. The maximum Gasteiger partial charge on any atom is 0.409 e. The van der Waals surface area contributed by atoms with Gasteiger partial charge in [-0.3, -0.25) is 4.79 Å². The number of carbonyl (C=O) groups is 2. The van der Waals surface area contributed by atoms with Gasteiger partial charge in [-0.25, -0.2) is 9.59 Å². The van der Waals surface area contributed by atoms with Crippen molar-refractivity contribution < 1.29 is 18.7 Å². The number of nitrogens with one attached hydrogen (secondary N) is 1. The minimum absolute atomic E-state index is 0.00252. The van der Waals surface area contributed by atoms with E-state index in [0.717, 1.165) is 5.56 Å². The molecule has 1 fully saturated rings. The number of carbonyl (C=O) groups excluding carboxylic acids is 2. The van der Waals surface area contributed by atoms with Crippen molar-refractivity contribution in [3.63, 3.8) is 0 Å². The third-order valence-electron chi connectivity index (χ3n) is 5.46. The molecule has 0 atom stereocenters. The summed E-state index contributed by atoms with van der Waals surface area (Å²) in [6.07, 6.45) is 0.866. The first-order chi connectivity index (χ1) is 15.1. The normalized spacial score (nSPS) is 14.4. The van der Waals surface area contributed by atoms with Crippen LogP contribution in [-0.2, 0) is 4.74 Å². The number of hydrogen-bond donors (Lipinski definition) is 1. The molecule has 0 radical (unpaired) electrons. The van der Waals surface area contributed by atoms with Crippen molar-refractivity contribution in [3.8, 4) is 11.1 Å². The molecule has 7 nitrogen and oxygen atoms in total. The molecule has 160 valence electrons.